The maximum Gasteiger partial charge on any atom is 0.573 e. The first-order valence-corrected chi connectivity index (χ1v) is 8.62. The van der Waals surface area contributed by atoms with Gasteiger partial charge in [-0.1, -0.05) is 12.1 Å². The summed E-state index contributed by atoms with van der Waals surface area (Å²) >= 11 is 0. The number of aliphatic carboxylic acids is 1. The monoisotopic (exact) mass is 425 g/mol. The Morgan fingerprint density at radius 1 is 0.933 bits per heavy atom. The van der Waals surface area contributed by atoms with E-state index in [-0.39, 0.29) is 25.2 Å². The zero-order valence-corrected chi connectivity index (χ0v) is 15.5. The highest BCUT2D eigenvalue weighted by atomic mass is 19.4. The first-order chi connectivity index (χ1) is 14.1. The summed E-state index contributed by atoms with van der Waals surface area (Å²) in [6.45, 7) is 0.156. The smallest absolute Gasteiger partial charge is 0.481 e. The summed E-state index contributed by atoms with van der Waals surface area (Å²) in [6.07, 6.45) is -4.97. The van der Waals surface area contributed by atoms with Crippen LogP contribution in [0.2, 0.25) is 0 Å². The van der Waals surface area contributed by atoms with Crippen LogP contribution in [0.25, 0.3) is 0 Å². The number of amides is 3. The van der Waals surface area contributed by atoms with Crippen LogP contribution in [0, 0.1) is 0 Å². The summed E-state index contributed by atoms with van der Waals surface area (Å²) in [5.41, 5.74) is 1.31. The number of carbonyl (C=O) groups is 3. The average molecular weight is 425 g/mol. The molecule has 8 nitrogen and oxygen atoms in total. The van der Waals surface area contributed by atoms with Crippen LogP contribution in [-0.4, -0.2) is 35.9 Å². The van der Waals surface area contributed by atoms with Crippen molar-refractivity contribution >= 4 is 23.6 Å². The van der Waals surface area contributed by atoms with Gasteiger partial charge in [0.05, 0.1) is 6.42 Å². The summed E-state index contributed by atoms with van der Waals surface area (Å²) in [7, 11) is 0. The SMILES string of the molecule is O=C(O)CCNC(=O)c1ccc(CNC(=O)Nc2ccc(OC(F)(F)F)cc2)cc1. The quantitative estimate of drug-likeness (QED) is 0.519. The summed E-state index contributed by atoms with van der Waals surface area (Å²) in [6, 6.07) is 10.4. The molecule has 0 saturated heterocycles. The van der Waals surface area contributed by atoms with Crippen LogP contribution in [0.3, 0.4) is 0 Å². The molecule has 0 radical (unpaired) electrons. The number of carbonyl (C=O) groups excluding carboxylic acids is 2. The third kappa shape index (κ3) is 8.09. The molecule has 0 bridgehead atoms. The minimum Gasteiger partial charge on any atom is -0.481 e. The number of alkyl halides is 3. The van der Waals surface area contributed by atoms with Gasteiger partial charge in [-0.25, -0.2) is 4.79 Å². The molecule has 0 aliphatic carbocycles. The van der Waals surface area contributed by atoms with Gasteiger partial charge >= 0.3 is 18.4 Å². The highest BCUT2D eigenvalue weighted by Crippen LogP contribution is 2.23. The van der Waals surface area contributed by atoms with Crippen molar-refractivity contribution in [3.8, 4) is 5.75 Å². The van der Waals surface area contributed by atoms with Gasteiger partial charge in [-0.2, -0.15) is 0 Å². The highest BCUT2D eigenvalue weighted by Gasteiger charge is 2.30. The lowest BCUT2D eigenvalue weighted by Gasteiger charge is -2.11. The van der Waals surface area contributed by atoms with E-state index in [2.05, 4.69) is 20.7 Å². The first kappa shape index (κ1) is 22.5. The van der Waals surface area contributed by atoms with Gasteiger partial charge in [0, 0.05) is 24.3 Å². The van der Waals surface area contributed by atoms with E-state index < -0.39 is 30.0 Å². The van der Waals surface area contributed by atoms with E-state index in [0.29, 0.717) is 11.1 Å². The number of anilines is 1. The molecule has 0 aliphatic heterocycles. The molecule has 2 aromatic rings. The zero-order chi connectivity index (χ0) is 22.1. The van der Waals surface area contributed by atoms with Crippen LogP contribution in [0.15, 0.2) is 48.5 Å². The van der Waals surface area contributed by atoms with E-state index in [0.717, 1.165) is 12.1 Å². The molecule has 0 heterocycles. The molecule has 4 N–H and O–H groups in total. The van der Waals surface area contributed by atoms with Gasteiger partial charge in [0.15, 0.2) is 0 Å². The Labute approximate surface area is 169 Å². The molecule has 0 unspecified atom stereocenters. The molecular formula is C19H18F3N3O5. The predicted molar refractivity (Wildman–Crippen MR) is 100 cm³/mol. The van der Waals surface area contributed by atoms with E-state index in [9.17, 15) is 27.6 Å². The second-order valence-electron chi connectivity index (χ2n) is 5.98. The van der Waals surface area contributed by atoms with Crippen LogP contribution in [0.1, 0.15) is 22.3 Å². The number of hydrogen-bond donors (Lipinski definition) is 4. The summed E-state index contributed by atoms with van der Waals surface area (Å²) in [5.74, 6) is -1.83. The Balaban J connectivity index is 1.79. The molecule has 2 rings (SSSR count). The van der Waals surface area contributed by atoms with Gasteiger partial charge in [0.2, 0.25) is 0 Å². The fourth-order valence-corrected chi connectivity index (χ4v) is 2.26. The van der Waals surface area contributed by atoms with Crippen LogP contribution < -0.4 is 20.7 Å². The van der Waals surface area contributed by atoms with Gasteiger partial charge in [-0.05, 0) is 42.0 Å². The van der Waals surface area contributed by atoms with E-state index in [1.165, 1.54) is 24.3 Å². The van der Waals surface area contributed by atoms with Gasteiger partial charge < -0.3 is 25.8 Å². The number of ether oxygens (including phenoxy) is 1. The van der Waals surface area contributed by atoms with Crippen molar-refractivity contribution in [2.45, 2.75) is 19.3 Å². The number of halogens is 3. The van der Waals surface area contributed by atoms with Crippen molar-refractivity contribution in [3.63, 3.8) is 0 Å². The molecular weight excluding hydrogens is 407 g/mol. The molecule has 2 aromatic carbocycles. The van der Waals surface area contributed by atoms with Gasteiger partial charge in [0.1, 0.15) is 5.75 Å². The van der Waals surface area contributed by atoms with Crippen molar-refractivity contribution in [3.05, 3.63) is 59.7 Å². The zero-order valence-electron chi connectivity index (χ0n) is 15.5. The minimum atomic E-state index is -4.79. The molecule has 0 saturated carbocycles. The van der Waals surface area contributed by atoms with Gasteiger partial charge in [0.25, 0.3) is 5.91 Å². The molecule has 3 amide bonds. The van der Waals surface area contributed by atoms with Crippen molar-refractivity contribution < 1.29 is 37.4 Å². The molecule has 30 heavy (non-hydrogen) atoms. The lowest BCUT2D eigenvalue weighted by Crippen LogP contribution is -2.28. The fraction of sp³-hybridized carbons (Fsp3) is 0.211. The third-order valence-corrected chi connectivity index (χ3v) is 3.64. The van der Waals surface area contributed by atoms with Gasteiger partial charge in [-0.3, -0.25) is 9.59 Å². The van der Waals surface area contributed by atoms with Crippen LogP contribution in [0.4, 0.5) is 23.7 Å². The maximum absolute atomic E-state index is 12.1. The summed E-state index contributed by atoms with van der Waals surface area (Å²) in [4.78, 5) is 34.2. The van der Waals surface area contributed by atoms with E-state index in [1.807, 2.05) is 0 Å². The van der Waals surface area contributed by atoms with Crippen LogP contribution in [0.5, 0.6) is 5.75 Å². The fourth-order valence-electron chi connectivity index (χ4n) is 2.26. The normalized spacial score (nSPS) is 10.8. The van der Waals surface area contributed by atoms with Crippen molar-refractivity contribution in [2.24, 2.45) is 0 Å². The highest BCUT2D eigenvalue weighted by molar-refractivity contribution is 5.94. The minimum absolute atomic E-state index is 0.0148. The van der Waals surface area contributed by atoms with Crippen LogP contribution in [-0.2, 0) is 11.3 Å². The lowest BCUT2D eigenvalue weighted by atomic mass is 10.1. The van der Waals surface area contributed by atoms with E-state index in [4.69, 9.17) is 5.11 Å². The maximum atomic E-state index is 12.1. The number of carboxylic acids is 1. The first-order valence-electron chi connectivity index (χ1n) is 8.62. The number of benzene rings is 2. The molecule has 11 heteroatoms. The average Bonchev–Trinajstić information content (AvgIpc) is 2.67. The number of nitrogens with one attached hydrogen (secondary N) is 3. The molecule has 0 atom stereocenters. The predicted octanol–water partition coefficient (Wildman–Crippen LogP) is 3.11. The lowest BCUT2D eigenvalue weighted by molar-refractivity contribution is -0.274. The summed E-state index contributed by atoms with van der Waals surface area (Å²) in [5, 5.41) is 16.1. The molecule has 0 fully saturated rings. The second kappa shape index (κ2) is 10.1. The number of hydrogen-bond acceptors (Lipinski definition) is 4. The summed E-state index contributed by atoms with van der Waals surface area (Å²) < 4.78 is 40.1. The topological polar surface area (TPSA) is 117 Å². The molecule has 160 valence electrons. The van der Waals surface area contributed by atoms with Crippen molar-refractivity contribution in [2.75, 3.05) is 11.9 Å². The van der Waals surface area contributed by atoms with E-state index >= 15 is 0 Å². The Morgan fingerprint density at radius 3 is 2.13 bits per heavy atom. The molecule has 0 spiro atoms. The largest absolute Gasteiger partial charge is 0.573 e. The Morgan fingerprint density at radius 2 is 1.57 bits per heavy atom. The van der Waals surface area contributed by atoms with Crippen molar-refractivity contribution in [1.29, 1.82) is 0 Å². The van der Waals surface area contributed by atoms with Crippen molar-refractivity contribution in [1.82, 2.24) is 10.6 Å². The third-order valence-electron chi connectivity index (χ3n) is 3.64. The second-order valence-corrected chi connectivity index (χ2v) is 5.98. The standard InChI is InChI=1S/C19H18F3N3O5/c20-19(21,22)30-15-7-5-14(6-8-15)25-18(29)24-11-12-1-3-13(4-2-12)17(28)23-10-9-16(26)27/h1-8H,9-11H2,(H,23,28)(H,26,27)(H2,24,25,29). The Hall–Kier alpha value is -3.76. The Bertz CT molecular complexity index is 884. The number of carboxylic acid groups (broad SMARTS) is 1. The number of rotatable bonds is 8. The molecule has 0 aromatic heterocycles. The molecule has 0 aliphatic rings. The van der Waals surface area contributed by atoms with E-state index in [1.54, 1.807) is 12.1 Å². The van der Waals surface area contributed by atoms with Gasteiger partial charge in [-0.15, -0.1) is 13.2 Å². The Kier molecular flexibility index (Phi) is 7.62. The van der Waals surface area contributed by atoms with Crippen LogP contribution >= 0.6 is 0 Å². The number of urea groups is 1.